The zero-order valence-electron chi connectivity index (χ0n) is 22.0. The van der Waals surface area contributed by atoms with Gasteiger partial charge in [0.25, 0.3) is 5.91 Å². The van der Waals surface area contributed by atoms with E-state index in [0.717, 1.165) is 24.3 Å². The summed E-state index contributed by atoms with van der Waals surface area (Å²) >= 11 is 0. The van der Waals surface area contributed by atoms with Gasteiger partial charge in [0, 0.05) is 36.7 Å². The van der Waals surface area contributed by atoms with E-state index in [1.54, 1.807) is 17.0 Å². The maximum Gasteiger partial charge on any atom is 0.255 e. The van der Waals surface area contributed by atoms with Gasteiger partial charge >= 0.3 is 0 Å². The van der Waals surface area contributed by atoms with Crippen LogP contribution in [0.4, 0.5) is 0 Å². The highest BCUT2D eigenvalue weighted by Crippen LogP contribution is 2.34. The summed E-state index contributed by atoms with van der Waals surface area (Å²) in [6.45, 7) is 2.24. The number of nitrogens with one attached hydrogen (secondary N) is 1. The Labute approximate surface area is 221 Å². The average molecular weight is 497 g/mol. The molecule has 2 aromatic rings. The Morgan fingerprint density at radius 2 is 1.78 bits per heavy atom. The molecular formula is C25H31B4N3O5. The van der Waals surface area contributed by atoms with Crippen LogP contribution in [0.1, 0.15) is 39.9 Å². The number of nitrogens with zero attached hydrogens (tertiary/aromatic N) is 2. The molecule has 0 aliphatic carbocycles. The highest BCUT2D eigenvalue weighted by molar-refractivity contribution is 6.40. The Morgan fingerprint density at radius 1 is 1.05 bits per heavy atom. The second-order valence-electron chi connectivity index (χ2n) is 11.0. The third-order valence-electron chi connectivity index (χ3n) is 7.96. The molecule has 1 N–H and O–H groups in total. The van der Waals surface area contributed by atoms with Crippen molar-refractivity contribution in [1.29, 1.82) is 0 Å². The van der Waals surface area contributed by atoms with Crippen LogP contribution in [0.3, 0.4) is 0 Å². The fourth-order valence-corrected chi connectivity index (χ4v) is 5.51. The first-order valence-electron chi connectivity index (χ1n) is 13.0. The lowest BCUT2D eigenvalue weighted by molar-refractivity contribution is -0.136. The zero-order valence-corrected chi connectivity index (χ0v) is 22.0. The van der Waals surface area contributed by atoms with Crippen LogP contribution in [0.15, 0.2) is 42.5 Å². The predicted octanol–water partition coefficient (Wildman–Crippen LogP) is -2.30. The van der Waals surface area contributed by atoms with E-state index in [1.807, 2.05) is 6.07 Å². The van der Waals surface area contributed by atoms with Crippen LogP contribution in [0.25, 0.3) is 0 Å². The summed E-state index contributed by atoms with van der Waals surface area (Å²) in [7, 11) is 8.80. The average Bonchev–Trinajstić information content (AvgIpc) is 3.20. The molecule has 3 heterocycles. The summed E-state index contributed by atoms with van der Waals surface area (Å²) < 4.78 is 12.1. The summed E-state index contributed by atoms with van der Waals surface area (Å²) in [5, 5.41) is 2.31. The summed E-state index contributed by atoms with van der Waals surface area (Å²) in [6, 6.07) is 13.4. The number of rotatable bonds is 6. The van der Waals surface area contributed by atoms with Crippen LogP contribution in [0, 0.1) is 0 Å². The summed E-state index contributed by atoms with van der Waals surface area (Å²) in [5.41, 5.74) is 3.61. The number of hydrogen-bond acceptors (Lipinski definition) is 6. The van der Waals surface area contributed by atoms with Crippen molar-refractivity contribution in [2.24, 2.45) is 0 Å². The van der Waals surface area contributed by atoms with Crippen molar-refractivity contribution in [3.8, 4) is 5.75 Å². The van der Waals surface area contributed by atoms with E-state index >= 15 is 0 Å². The third-order valence-corrected chi connectivity index (χ3v) is 7.96. The number of piperidine rings is 1. The number of imide groups is 1. The first-order valence-corrected chi connectivity index (χ1v) is 13.0. The monoisotopic (exact) mass is 497 g/mol. The second-order valence-corrected chi connectivity index (χ2v) is 11.0. The Morgan fingerprint density at radius 3 is 2.51 bits per heavy atom. The van der Waals surface area contributed by atoms with Crippen LogP contribution in [-0.4, -0.2) is 88.8 Å². The van der Waals surface area contributed by atoms with Crippen LogP contribution in [0.2, 0.25) is 0 Å². The first kappa shape index (κ1) is 25.7. The van der Waals surface area contributed by atoms with Crippen LogP contribution in [0.5, 0.6) is 5.75 Å². The van der Waals surface area contributed by atoms with Gasteiger partial charge < -0.3 is 19.3 Å². The molecule has 0 saturated carbocycles. The van der Waals surface area contributed by atoms with Gasteiger partial charge in [-0.3, -0.25) is 19.7 Å². The molecular weight excluding hydrogens is 466 g/mol. The standard InChI is InChI=1S/C25H31B4N3O5/c26-21-22(27)37-13-25(28,29)32(21)10-14-4-6-15(7-5-14)12-36-19-3-1-2-16-17(19)11-31(24(16)35)18-8-9-20(33)30-23(18)34/h1-7,18,21-22H,8-13,26-29H2,(H,30,33,34). The van der Waals surface area contributed by atoms with E-state index in [9.17, 15) is 14.4 Å². The number of benzene rings is 2. The molecule has 8 nitrogen and oxygen atoms in total. The van der Waals surface area contributed by atoms with E-state index in [0.29, 0.717) is 36.8 Å². The third kappa shape index (κ3) is 5.09. The molecule has 3 aliphatic heterocycles. The van der Waals surface area contributed by atoms with Crippen molar-refractivity contribution in [2.75, 3.05) is 6.61 Å². The Balaban J connectivity index is 1.24. The van der Waals surface area contributed by atoms with Gasteiger partial charge in [0.05, 0.1) is 6.54 Å². The molecule has 2 aromatic carbocycles. The summed E-state index contributed by atoms with van der Waals surface area (Å²) in [6.07, 6.45) is 0.573. The van der Waals surface area contributed by atoms with Gasteiger partial charge in [-0.2, -0.15) is 0 Å². The maximum absolute atomic E-state index is 13.0. The molecule has 12 heteroatoms. The number of carbonyl (C=O) groups is 3. The molecule has 3 amide bonds. The van der Waals surface area contributed by atoms with Gasteiger partial charge in [-0.15, -0.1) is 0 Å². The van der Waals surface area contributed by atoms with E-state index in [-0.39, 0.29) is 29.6 Å². The van der Waals surface area contributed by atoms with Crippen LogP contribution >= 0.6 is 0 Å². The summed E-state index contributed by atoms with van der Waals surface area (Å²) in [4.78, 5) is 40.9. The van der Waals surface area contributed by atoms with E-state index in [1.165, 1.54) is 5.56 Å². The lowest BCUT2D eigenvalue weighted by atomic mass is 9.57. The highest BCUT2D eigenvalue weighted by atomic mass is 16.5. The smallest absolute Gasteiger partial charge is 0.255 e. The van der Waals surface area contributed by atoms with Crippen LogP contribution < -0.4 is 10.1 Å². The van der Waals surface area contributed by atoms with Crippen molar-refractivity contribution in [1.82, 2.24) is 15.1 Å². The van der Waals surface area contributed by atoms with Crippen molar-refractivity contribution in [3.05, 3.63) is 64.7 Å². The Bertz CT molecular complexity index is 1230. The molecule has 0 aromatic heterocycles. The number of amides is 3. The van der Waals surface area contributed by atoms with Gasteiger partial charge in [0.15, 0.2) is 0 Å². The quantitative estimate of drug-likeness (QED) is 0.357. The molecule has 0 radical (unpaired) electrons. The van der Waals surface area contributed by atoms with Gasteiger partial charge in [-0.25, -0.2) is 0 Å². The Kier molecular flexibility index (Phi) is 6.98. The highest BCUT2D eigenvalue weighted by Gasteiger charge is 2.40. The largest absolute Gasteiger partial charge is 0.489 e. The molecule has 0 bridgehead atoms. The topological polar surface area (TPSA) is 88.2 Å². The van der Waals surface area contributed by atoms with E-state index in [4.69, 9.17) is 9.47 Å². The van der Waals surface area contributed by atoms with Crippen molar-refractivity contribution >= 4 is 49.1 Å². The van der Waals surface area contributed by atoms with E-state index < -0.39 is 11.9 Å². The minimum Gasteiger partial charge on any atom is -0.489 e. The van der Waals surface area contributed by atoms with Gasteiger partial charge in [0.2, 0.25) is 11.8 Å². The SMILES string of the molecule is BC1OCC(B)(B)N(Cc2ccc(COc3cccc4c3CN(C3CCC(=O)NC3=O)C4=O)cc2)C1B. The minimum atomic E-state index is -0.639. The normalized spacial score (nSPS) is 25.6. The molecule has 188 valence electrons. The maximum atomic E-state index is 13.0. The molecule has 3 unspecified atom stereocenters. The molecule has 0 spiro atoms. The number of ether oxygens (including phenoxy) is 2. The van der Waals surface area contributed by atoms with Crippen LogP contribution in [-0.2, 0) is 34.0 Å². The number of morpholine rings is 1. The molecule has 3 aliphatic rings. The van der Waals surface area contributed by atoms with Crippen molar-refractivity contribution < 1.29 is 23.9 Å². The number of fused-ring (bicyclic) bond motifs is 1. The zero-order chi connectivity index (χ0) is 26.3. The van der Waals surface area contributed by atoms with Gasteiger partial charge in [-0.05, 0) is 41.0 Å². The lowest BCUT2D eigenvalue weighted by Gasteiger charge is -2.50. The number of carbonyl (C=O) groups excluding carboxylic acids is 3. The fourth-order valence-electron chi connectivity index (χ4n) is 5.51. The number of hydrogen-bond donors (Lipinski definition) is 1. The van der Waals surface area contributed by atoms with Crippen molar-refractivity contribution in [2.45, 2.75) is 55.9 Å². The molecule has 5 rings (SSSR count). The van der Waals surface area contributed by atoms with Crippen molar-refractivity contribution in [3.63, 3.8) is 0 Å². The fraction of sp³-hybridized carbons (Fsp3) is 0.400. The molecule has 3 atom stereocenters. The lowest BCUT2D eigenvalue weighted by Crippen LogP contribution is -2.65. The van der Waals surface area contributed by atoms with Gasteiger partial charge in [-0.1, -0.05) is 30.3 Å². The predicted molar refractivity (Wildman–Crippen MR) is 149 cm³/mol. The second kappa shape index (κ2) is 10.1. The molecule has 37 heavy (non-hydrogen) atoms. The van der Waals surface area contributed by atoms with E-state index in [2.05, 4.69) is 65.9 Å². The summed E-state index contributed by atoms with van der Waals surface area (Å²) in [5.74, 6) is 0.0633. The molecule has 2 fully saturated rings. The minimum absolute atomic E-state index is 0.0272. The van der Waals surface area contributed by atoms with Gasteiger partial charge in [0.1, 0.15) is 49.8 Å². The molecule has 2 saturated heterocycles. The Hall–Kier alpha value is -2.97. The first-order chi connectivity index (χ1) is 17.6.